The normalized spacial score (nSPS) is 17.7. The van der Waals surface area contributed by atoms with Crippen LogP contribution in [0.25, 0.3) is 0 Å². The van der Waals surface area contributed by atoms with Gasteiger partial charge in [-0.25, -0.2) is 0 Å². The number of carbonyl (C=O) groups excluding carboxylic acids is 1. The fourth-order valence-electron chi connectivity index (χ4n) is 2.38. The summed E-state index contributed by atoms with van der Waals surface area (Å²) in [4.78, 5) is 13.1. The molecular formula is C15H13BrClNOS. The Labute approximate surface area is 135 Å². The highest BCUT2D eigenvalue weighted by Crippen LogP contribution is 2.41. The molecule has 104 valence electrons. The number of anilines is 1. The predicted octanol–water partition coefficient (Wildman–Crippen LogP) is 5.07. The van der Waals surface area contributed by atoms with Crippen LogP contribution in [0.2, 0.25) is 0 Å². The van der Waals surface area contributed by atoms with E-state index in [1.54, 1.807) is 11.3 Å². The smallest absolute Gasteiger partial charge is 0.234 e. The van der Waals surface area contributed by atoms with Gasteiger partial charge in [0.15, 0.2) is 0 Å². The molecule has 1 aromatic heterocycles. The Hall–Kier alpha value is -0.840. The van der Waals surface area contributed by atoms with Crippen molar-refractivity contribution in [1.29, 1.82) is 0 Å². The third kappa shape index (κ3) is 2.20. The zero-order valence-electron chi connectivity index (χ0n) is 11.0. The maximum atomic E-state index is 12.0. The number of benzene rings is 1. The molecule has 1 unspecified atom stereocenters. The van der Waals surface area contributed by atoms with Gasteiger partial charge in [-0.05, 0) is 59.1 Å². The predicted molar refractivity (Wildman–Crippen MR) is 87.8 cm³/mol. The first-order valence-electron chi connectivity index (χ1n) is 6.25. The molecule has 2 nitrogen and oxygen atoms in total. The second-order valence-electron chi connectivity index (χ2n) is 5.39. The zero-order chi connectivity index (χ0) is 14.5. The maximum absolute atomic E-state index is 12.0. The SMILES string of the molecule is CC1(C)C(=O)Nc2ccc(C(Cl)c3ccc(Br)s3)cc21. The molecule has 0 spiro atoms. The van der Waals surface area contributed by atoms with E-state index in [4.69, 9.17) is 11.6 Å². The lowest BCUT2D eigenvalue weighted by Crippen LogP contribution is -2.26. The summed E-state index contributed by atoms with van der Waals surface area (Å²) in [6.07, 6.45) is 0. The van der Waals surface area contributed by atoms with Crippen molar-refractivity contribution < 1.29 is 4.79 Å². The highest BCUT2D eigenvalue weighted by Gasteiger charge is 2.38. The number of nitrogens with one attached hydrogen (secondary N) is 1. The van der Waals surface area contributed by atoms with Crippen molar-refractivity contribution in [3.8, 4) is 0 Å². The Kier molecular flexibility index (Phi) is 3.43. The fraction of sp³-hybridized carbons (Fsp3) is 0.267. The van der Waals surface area contributed by atoms with E-state index in [2.05, 4.69) is 21.2 Å². The van der Waals surface area contributed by atoms with Gasteiger partial charge >= 0.3 is 0 Å². The van der Waals surface area contributed by atoms with Crippen LogP contribution in [-0.4, -0.2) is 5.91 Å². The third-order valence-electron chi connectivity index (χ3n) is 3.67. The van der Waals surface area contributed by atoms with Gasteiger partial charge in [0.1, 0.15) is 0 Å². The van der Waals surface area contributed by atoms with Gasteiger partial charge < -0.3 is 5.32 Å². The Morgan fingerprint density at radius 1 is 1.30 bits per heavy atom. The van der Waals surface area contributed by atoms with Gasteiger partial charge in [0.25, 0.3) is 0 Å². The minimum absolute atomic E-state index is 0.0367. The molecule has 0 aliphatic carbocycles. The van der Waals surface area contributed by atoms with E-state index in [9.17, 15) is 4.79 Å². The number of thiophene rings is 1. The van der Waals surface area contributed by atoms with Gasteiger partial charge in [-0.2, -0.15) is 0 Å². The van der Waals surface area contributed by atoms with Gasteiger partial charge in [-0.15, -0.1) is 22.9 Å². The van der Waals surface area contributed by atoms with Gasteiger partial charge in [-0.1, -0.05) is 12.1 Å². The molecule has 1 amide bonds. The van der Waals surface area contributed by atoms with Gasteiger partial charge in [0.2, 0.25) is 5.91 Å². The van der Waals surface area contributed by atoms with E-state index in [1.165, 1.54) is 0 Å². The molecule has 0 saturated heterocycles. The molecule has 20 heavy (non-hydrogen) atoms. The first-order chi connectivity index (χ1) is 9.39. The quantitative estimate of drug-likeness (QED) is 0.735. The van der Waals surface area contributed by atoms with Crippen LogP contribution < -0.4 is 5.32 Å². The molecule has 0 bridgehead atoms. The summed E-state index contributed by atoms with van der Waals surface area (Å²) in [6.45, 7) is 3.87. The van der Waals surface area contributed by atoms with E-state index in [0.717, 1.165) is 25.5 Å². The van der Waals surface area contributed by atoms with Crippen molar-refractivity contribution in [3.63, 3.8) is 0 Å². The van der Waals surface area contributed by atoms with Crippen LogP contribution in [-0.2, 0) is 10.2 Å². The first-order valence-corrected chi connectivity index (χ1v) is 8.29. The van der Waals surface area contributed by atoms with E-state index < -0.39 is 5.41 Å². The van der Waals surface area contributed by atoms with Crippen LogP contribution in [0, 0.1) is 0 Å². The van der Waals surface area contributed by atoms with Crippen LogP contribution >= 0.6 is 38.9 Å². The number of alkyl halides is 1. The van der Waals surface area contributed by atoms with Crippen LogP contribution in [0.5, 0.6) is 0 Å². The Balaban J connectivity index is 2.02. The van der Waals surface area contributed by atoms with Crippen molar-refractivity contribution in [3.05, 3.63) is 50.1 Å². The summed E-state index contributed by atoms with van der Waals surface area (Å²) in [5, 5.41) is 2.72. The summed E-state index contributed by atoms with van der Waals surface area (Å²) < 4.78 is 1.07. The minimum atomic E-state index is -0.502. The summed E-state index contributed by atoms with van der Waals surface area (Å²) in [5.41, 5.74) is 2.42. The molecule has 0 fully saturated rings. The number of rotatable bonds is 2. The fourth-order valence-corrected chi connectivity index (χ4v) is 4.15. The highest BCUT2D eigenvalue weighted by molar-refractivity contribution is 9.11. The average molecular weight is 371 g/mol. The molecule has 0 saturated carbocycles. The zero-order valence-corrected chi connectivity index (χ0v) is 14.2. The van der Waals surface area contributed by atoms with Crippen molar-refractivity contribution in [2.75, 3.05) is 5.32 Å². The van der Waals surface area contributed by atoms with Gasteiger partial charge in [-0.3, -0.25) is 4.79 Å². The number of carbonyl (C=O) groups is 1. The van der Waals surface area contributed by atoms with E-state index in [-0.39, 0.29) is 11.3 Å². The number of hydrogen-bond donors (Lipinski definition) is 1. The molecule has 0 radical (unpaired) electrons. The van der Waals surface area contributed by atoms with Gasteiger partial charge in [0, 0.05) is 10.6 Å². The minimum Gasteiger partial charge on any atom is -0.325 e. The van der Waals surface area contributed by atoms with Gasteiger partial charge in [0.05, 0.1) is 14.6 Å². The molecule has 1 N–H and O–H groups in total. The molecule has 3 rings (SSSR count). The lowest BCUT2D eigenvalue weighted by Gasteiger charge is -2.17. The van der Waals surface area contributed by atoms with Crippen LogP contribution in [0.4, 0.5) is 5.69 Å². The number of halogens is 2. The lowest BCUT2D eigenvalue weighted by molar-refractivity contribution is -0.119. The van der Waals surface area contributed by atoms with Crippen molar-refractivity contribution in [2.24, 2.45) is 0 Å². The largest absolute Gasteiger partial charge is 0.325 e. The van der Waals surface area contributed by atoms with Crippen molar-refractivity contribution >= 4 is 50.5 Å². The molecular weight excluding hydrogens is 358 g/mol. The maximum Gasteiger partial charge on any atom is 0.234 e. The Morgan fingerprint density at radius 2 is 2.05 bits per heavy atom. The molecule has 1 aromatic carbocycles. The standard InChI is InChI=1S/C15H13BrClNOS/c1-15(2)9-7-8(3-4-10(9)18-14(15)19)13(17)11-5-6-12(16)20-11/h3-7,13H,1-2H3,(H,18,19). The molecule has 2 heterocycles. The van der Waals surface area contributed by atoms with Crippen LogP contribution in [0.15, 0.2) is 34.1 Å². The van der Waals surface area contributed by atoms with E-state index in [0.29, 0.717) is 0 Å². The second kappa shape index (κ2) is 4.86. The molecule has 1 atom stereocenters. The van der Waals surface area contributed by atoms with E-state index >= 15 is 0 Å². The topological polar surface area (TPSA) is 29.1 Å². The van der Waals surface area contributed by atoms with Crippen molar-refractivity contribution in [2.45, 2.75) is 24.6 Å². The number of fused-ring (bicyclic) bond motifs is 1. The molecule has 5 heteroatoms. The Bertz CT molecular complexity index is 695. The lowest BCUT2D eigenvalue weighted by atomic mass is 9.85. The van der Waals surface area contributed by atoms with Crippen molar-refractivity contribution in [1.82, 2.24) is 0 Å². The third-order valence-corrected chi connectivity index (χ3v) is 5.97. The summed E-state index contributed by atoms with van der Waals surface area (Å²) in [6, 6.07) is 9.98. The number of amides is 1. The monoisotopic (exact) mass is 369 g/mol. The molecule has 2 aromatic rings. The molecule has 1 aliphatic rings. The van der Waals surface area contributed by atoms with Crippen LogP contribution in [0.3, 0.4) is 0 Å². The first kappa shape index (κ1) is 14.1. The van der Waals surface area contributed by atoms with Crippen LogP contribution in [0.1, 0.15) is 35.2 Å². The summed E-state index contributed by atoms with van der Waals surface area (Å²) in [5.74, 6) is 0.0367. The highest BCUT2D eigenvalue weighted by atomic mass is 79.9. The number of hydrogen-bond acceptors (Lipinski definition) is 2. The second-order valence-corrected chi connectivity index (χ2v) is 8.32. The summed E-state index contributed by atoms with van der Waals surface area (Å²) in [7, 11) is 0. The van der Waals surface area contributed by atoms with E-state index in [1.807, 2.05) is 44.2 Å². The average Bonchev–Trinajstić information content (AvgIpc) is 2.92. The summed E-state index contributed by atoms with van der Waals surface area (Å²) >= 11 is 11.6. The molecule has 1 aliphatic heterocycles. The Morgan fingerprint density at radius 3 is 2.70 bits per heavy atom.